The van der Waals surface area contributed by atoms with E-state index in [0.29, 0.717) is 12.2 Å². The van der Waals surface area contributed by atoms with Gasteiger partial charge in [0.25, 0.3) is 0 Å². The maximum atomic E-state index is 10.4. The third-order valence-corrected chi connectivity index (χ3v) is 0.766. The van der Waals surface area contributed by atoms with Crippen molar-refractivity contribution in [2.45, 2.75) is 13.8 Å². The van der Waals surface area contributed by atoms with E-state index in [1.807, 2.05) is 0 Å². The molecule has 0 saturated carbocycles. The molecule has 0 saturated heterocycles. The summed E-state index contributed by atoms with van der Waals surface area (Å²) < 4.78 is 4.56. The third-order valence-electron chi connectivity index (χ3n) is 0.766. The Morgan fingerprint density at radius 2 is 1.92 bits per heavy atom. The minimum absolute atomic E-state index is 0.312. The van der Waals surface area contributed by atoms with E-state index in [1.165, 1.54) is 0 Å². The number of esters is 1. The number of rotatable bonds is 2. The molecule has 0 unspecified atom stereocenters. The molecule has 0 rings (SSSR count). The van der Waals surface area contributed by atoms with E-state index in [9.17, 15) is 9.59 Å². The summed E-state index contributed by atoms with van der Waals surface area (Å²) in [5.41, 5.74) is 6.53. The van der Waals surface area contributed by atoms with Gasteiger partial charge in [-0.15, -0.1) is 0 Å². The Balaban J connectivity index is 0. The molecular weight excluding hydrogens is 174 g/mol. The van der Waals surface area contributed by atoms with Gasteiger partial charge in [-0.25, -0.2) is 15.4 Å². The quantitative estimate of drug-likeness (QED) is 0.181. The zero-order chi connectivity index (χ0) is 10.9. The Kier molecular flexibility index (Phi) is 9.19. The van der Waals surface area contributed by atoms with Crippen molar-refractivity contribution in [1.29, 1.82) is 0 Å². The van der Waals surface area contributed by atoms with Crippen molar-refractivity contribution in [3.8, 4) is 0 Å². The van der Waals surface area contributed by atoms with Crippen molar-refractivity contribution in [1.82, 2.24) is 5.43 Å². The number of carbonyl (C=O) groups excluding carboxylic acids is 2. The van der Waals surface area contributed by atoms with Crippen molar-refractivity contribution in [2.75, 3.05) is 6.61 Å². The second-order valence-electron chi connectivity index (χ2n) is 2.01. The van der Waals surface area contributed by atoms with E-state index in [2.05, 4.69) is 22.9 Å². The minimum atomic E-state index is -0.718. The first-order valence-corrected chi connectivity index (χ1v) is 3.54. The third kappa shape index (κ3) is 13.4. The molecule has 0 bridgehead atoms. The van der Waals surface area contributed by atoms with Crippen LogP contribution in [0.25, 0.3) is 0 Å². The molecule has 0 heterocycles. The van der Waals surface area contributed by atoms with Crippen LogP contribution in [0, 0.1) is 0 Å². The van der Waals surface area contributed by atoms with Gasteiger partial charge in [0.2, 0.25) is 0 Å². The first kappa shape index (κ1) is 14.0. The molecule has 5 N–H and O–H groups in total. The van der Waals surface area contributed by atoms with Gasteiger partial charge >= 0.3 is 12.0 Å². The highest BCUT2D eigenvalue weighted by molar-refractivity contribution is 5.86. The van der Waals surface area contributed by atoms with Gasteiger partial charge in [-0.2, -0.15) is 0 Å². The molecular formula is C7H15N3O3. The van der Waals surface area contributed by atoms with Crippen LogP contribution < -0.4 is 17.0 Å². The standard InChI is InChI=1S/C6H10O2.CH5N3O/c1-4-8-6(7)5(2)3;2-1(5)4-3/h2,4H2,1,3H3;3H2,(H3,2,4,5). The molecule has 0 aromatic heterocycles. The van der Waals surface area contributed by atoms with Crippen LogP contribution >= 0.6 is 0 Å². The molecule has 0 spiro atoms. The first-order valence-electron chi connectivity index (χ1n) is 3.54. The zero-order valence-electron chi connectivity index (χ0n) is 7.79. The molecule has 6 nitrogen and oxygen atoms in total. The van der Waals surface area contributed by atoms with Gasteiger partial charge in [-0.3, -0.25) is 5.43 Å². The Hall–Kier alpha value is -1.56. The van der Waals surface area contributed by atoms with E-state index in [0.717, 1.165) is 0 Å². The molecule has 0 fully saturated rings. The van der Waals surface area contributed by atoms with Crippen LogP contribution in [0.2, 0.25) is 0 Å². The average Bonchev–Trinajstić information content (AvgIpc) is 2.06. The predicted molar refractivity (Wildman–Crippen MR) is 48.4 cm³/mol. The van der Waals surface area contributed by atoms with E-state index < -0.39 is 6.03 Å². The number of hydrazine groups is 1. The van der Waals surface area contributed by atoms with Gasteiger partial charge in [0, 0.05) is 5.57 Å². The van der Waals surface area contributed by atoms with Crippen LogP contribution in [-0.2, 0) is 9.53 Å². The lowest BCUT2D eigenvalue weighted by molar-refractivity contribution is -0.138. The molecule has 13 heavy (non-hydrogen) atoms. The summed E-state index contributed by atoms with van der Waals surface area (Å²) in [6.45, 7) is 7.21. The Morgan fingerprint density at radius 1 is 1.54 bits per heavy atom. The van der Waals surface area contributed by atoms with Crippen molar-refractivity contribution >= 4 is 12.0 Å². The summed E-state index contributed by atoms with van der Waals surface area (Å²) in [5.74, 6) is 4.13. The molecule has 2 amide bonds. The van der Waals surface area contributed by atoms with E-state index >= 15 is 0 Å². The number of nitrogens with one attached hydrogen (secondary N) is 1. The van der Waals surface area contributed by atoms with E-state index in [1.54, 1.807) is 19.3 Å². The molecule has 0 aliphatic heterocycles. The minimum Gasteiger partial charge on any atom is -0.463 e. The second kappa shape index (κ2) is 8.54. The van der Waals surface area contributed by atoms with Crippen LogP contribution in [0.3, 0.4) is 0 Å². The highest BCUT2D eigenvalue weighted by Gasteiger charge is 1.98. The summed E-state index contributed by atoms with van der Waals surface area (Å²) in [6, 6.07) is -0.718. The smallest absolute Gasteiger partial charge is 0.333 e. The van der Waals surface area contributed by atoms with Crippen molar-refractivity contribution < 1.29 is 14.3 Å². The van der Waals surface area contributed by atoms with Gasteiger partial charge in [0.1, 0.15) is 0 Å². The van der Waals surface area contributed by atoms with Crippen LogP contribution in [0.5, 0.6) is 0 Å². The average molecular weight is 189 g/mol. The fourth-order valence-corrected chi connectivity index (χ4v) is 0.254. The molecule has 0 aliphatic carbocycles. The lowest BCUT2D eigenvalue weighted by Gasteiger charge is -1.96. The fourth-order valence-electron chi connectivity index (χ4n) is 0.254. The number of amides is 2. The number of nitrogens with two attached hydrogens (primary N) is 2. The first-order chi connectivity index (χ1) is 5.95. The monoisotopic (exact) mass is 189 g/mol. The predicted octanol–water partition coefficient (Wildman–Crippen LogP) is -0.346. The van der Waals surface area contributed by atoms with Crippen molar-refractivity contribution in [2.24, 2.45) is 11.6 Å². The van der Waals surface area contributed by atoms with Crippen molar-refractivity contribution in [3.05, 3.63) is 12.2 Å². The van der Waals surface area contributed by atoms with Gasteiger partial charge < -0.3 is 10.5 Å². The summed E-state index contributed by atoms with van der Waals surface area (Å²) in [6.07, 6.45) is 0. The fraction of sp³-hybridized carbons (Fsp3) is 0.429. The number of ether oxygens (including phenoxy) is 1. The number of primary amides is 1. The van der Waals surface area contributed by atoms with E-state index in [-0.39, 0.29) is 5.97 Å². The van der Waals surface area contributed by atoms with Crippen LogP contribution in [-0.4, -0.2) is 18.6 Å². The van der Waals surface area contributed by atoms with E-state index in [4.69, 9.17) is 0 Å². The normalized spacial score (nSPS) is 7.62. The van der Waals surface area contributed by atoms with Crippen LogP contribution in [0.1, 0.15) is 13.8 Å². The van der Waals surface area contributed by atoms with Gasteiger partial charge in [0.05, 0.1) is 6.61 Å². The number of carbonyl (C=O) groups is 2. The zero-order valence-corrected chi connectivity index (χ0v) is 7.79. The molecule has 0 aliphatic rings. The summed E-state index contributed by atoms with van der Waals surface area (Å²) in [4.78, 5) is 19.8. The maximum absolute atomic E-state index is 10.4. The highest BCUT2D eigenvalue weighted by atomic mass is 16.5. The number of hydrogen-bond donors (Lipinski definition) is 3. The highest BCUT2D eigenvalue weighted by Crippen LogP contribution is 1.89. The summed E-state index contributed by atoms with van der Waals surface area (Å²) >= 11 is 0. The molecule has 76 valence electrons. The molecule has 0 aromatic rings. The van der Waals surface area contributed by atoms with Crippen molar-refractivity contribution in [3.63, 3.8) is 0 Å². The number of hydrogen-bond acceptors (Lipinski definition) is 4. The molecule has 6 heteroatoms. The Bertz CT molecular complexity index is 191. The van der Waals surface area contributed by atoms with Gasteiger partial charge in [-0.05, 0) is 13.8 Å². The number of urea groups is 1. The maximum Gasteiger partial charge on any atom is 0.333 e. The van der Waals surface area contributed by atoms with Crippen LogP contribution in [0.4, 0.5) is 4.79 Å². The Labute approximate surface area is 76.9 Å². The Morgan fingerprint density at radius 3 is 2.00 bits per heavy atom. The van der Waals surface area contributed by atoms with Gasteiger partial charge in [-0.1, -0.05) is 6.58 Å². The summed E-state index contributed by atoms with van der Waals surface area (Å²) in [7, 11) is 0. The topological polar surface area (TPSA) is 107 Å². The van der Waals surface area contributed by atoms with Crippen LogP contribution in [0.15, 0.2) is 12.2 Å². The van der Waals surface area contributed by atoms with Gasteiger partial charge in [0.15, 0.2) is 0 Å². The lowest BCUT2D eigenvalue weighted by Crippen LogP contribution is -2.34. The largest absolute Gasteiger partial charge is 0.463 e. The molecule has 0 aromatic carbocycles. The molecule has 0 atom stereocenters. The molecule has 0 radical (unpaired) electrons. The lowest BCUT2D eigenvalue weighted by atomic mass is 10.4. The SMILES string of the molecule is C=C(C)C(=O)OCC.NNC(N)=O. The summed E-state index contributed by atoms with van der Waals surface area (Å²) in [5, 5.41) is 0. The second-order valence-corrected chi connectivity index (χ2v) is 2.01.